The molecule has 10 heteroatoms. The van der Waals surface area contributed by atoms with Gasteiger partial charge in [-0.05, 0) is 18.4 Å². The Bertz CT molecular complexity index is 1110. The van der Waals surface area contributed by atoms with Gasteiger partial charge in [0.05, 0.1) is 11.7 Å². The number of amides is 4. The van der Waals surface area contributed by atoms with Crippen molar-refractivity contribution in [2.24, 2.45) is 5.92 Å². The fourth-order valence-corrected chi connectivity index (χ4v) is 3.84. The Balaban J connectivity index is 1.33. The first kappa shape index (κ1) is 19.9. The minimum atomic E-state index is -0.511. The number of carbonyl (C=O) groups is 3. The van der Waals surface area contributed by atoms with Crippen molar-refractivity contribution in [1.82, 2.24) is 20.8 Å². The number of hydrogen-bond donors (Lipinski definition) is 3. The highest BCUT2D eigenvalue weighted by atomic mass is 32.2. The van der Waals surface area contributed by atoms with Crippen molar-refractivity contribution in [3.05, 3.63) is 48.4 Å². The maximum absolute atomic E-state index is 12.4. The molecule has 0 saturated carbocycles. The minimum absolute atomic E-state index is 0.0984. The van der Waals surface area contributed by atoms with Gasteiger partial charge in [0.2, 0.25) is 17.7 Å². The lowest BCUT2D eigenvalue weighted by Gasteiger charge is -2.27. The van der Waals surface area contributed by atoms with Gasteiger partial charge in [0.25, 0.3) is 5.22 Å². The largest absolute Gasteiger partial charge is 0.416 e. The van der Waals surface area contributed by atoms with Crippen molar-refractivity contribution >= 4 is 46.1 Å². The molecule has 9 nitrogen and oxygen atoms in total. The number of fused-ring (bicyclic) bond motifs is 1. The van der Waals surface area contributed by atoms with Gasteiger partial charge in [-0.15, -0.1) is 10.2 Å². The van der Waals surface area contributed by atoms with E-state index in [4.69, 9.17) is 4.42 Å². The van der Waals surface area contributed by atoms with E-state index in [0.717, 1.165) is 28.2 Å². The summed E-state index contributed by atoms with van der Waals surface area (Å²) in [5, 5.41) is 17.9. The first-order valence-electron chi connectivity index (χ1n) is 9.34. The Kier molecular flexibility index (Phi) is 5.66. The molecule has 2 heterocycles. The lowest BCUT2D eigenvalue weighted by Crippen LogP contribution is -2.57. The fraction of sp³-hybridized carbons (Fsp3) is 0.250. The summed E-state index contributed by atoms with van der Waals surface area (Å²) in [6, 6.07) is 12.7. The van der Waals surface area contributed by atoms with E-state index in [1.165, 1.54) is 0 Å². The van der Waals surface area contributed by atoms with Gasteiger partial charge < -0.3 is 15.1 Å². The van der Waals surface area contributed by atoms with Crippen LogP contribution < -0.4 is 16.0 Å². The molecule has 4 amide bonds. The molecule has 3 N–H and O–H groups in total. The molecule has 154 valence electrons. The maximum atomic E-state index is 12.4. The number of anilines is 1. The van der Waals surface area contributed by atoms with Crippen LogP contribution >= 0.6 is 11.8 Å². The molecular weight excluding hydrogens is 406 g/mol. The normalized spacial score (nSPS) is 18.7. The number of imide groups is 1. The van der Waals surface area contributed by atoms with Crippen LogP contribution in [0.4, 0.5) is 10.5 Å². The molecule has 0 aliphatic carbocycles. The van der Waals surface area contributed by atoms with Gasteiger partial charge in [0.1, 0.15) is 0 Å². The van der Waals surface area contributed by atoms with E-state index in [9.17, 15) is 14.4 Å². The number of carbonyl (C=O) groups excluding carboxylic acids is 3. The van der Waals surface area contributed by atoms with Gasteiger partial charge in [-0.2, -0.15) is 0 Å². The highest BCUT2D eigenvalue weighted by Crippen LogP contribution is 2.24. The monoisotopic (exact) mass is 425 g/mol. The third kappa shape index (κ3) is 4.43. The molecule has 0 radical (unpaired) electrons. The molecule has 30 heavy (non-hydrogen) atoms. The van der Waals surface area contributed by atoms with Gasteiger partial charge in [-0.3, -0.25) is 14.9 Å². The van der Waals surface area contributed by atoms with Crippen molar-refractivity contribution in [1.29, 1.82) is 0 Å². The van der Waals surface area contributed by atoms with Gasteiger partial charge in [0.15, 0.2) is 0 Å². The molecule has 2 atom stereocenters. The summed E-state index contributed by atoms with van der Waals surface area (Å²) < 4.78 is 5.55. The summed E-state index contributed by atoms with van der Waals surface area (Å²) >= 11 is 1.12. The first-order chi connectivity index (χ1) is 14.5. The van der Waals surface area contributed by atoms with Crippen LogP contribution in [0.3, 0.4) is 0 Å². The molecular formula is C20H19N5O4S. The second-order valence-corrected chi connectivity index (χ2v) is 7.81. The van der Waals surface area contributed by atoms with Crippen molar-refractivity contribution < 1.29 is 18.8 Å². The van der Waals surface area contributed by atoms with Crippen LogP contribution in [-0.4, -0.2) is 39.8 Å². The minimum Gasteiger partial charge on any atom is -0.416 e. The molecule has 1 aliphatic heterocycles. The Morgan fingerprint density at radius 1 is 1.17 bits per heavy atom. The Morgan fingerprint density at radius 3 is 2.80 bits per heavy atom. The van der Waals surface area contributed by atoms with E-state index in [2.05, 4.69) is 26.1 Å². The van der Waals surface area contributed by atoms with Crippen LogP contribution in [0.5, 0.6) is 0 Å². The number of aromatic nitrogens is 2. The second kappa shape index (κ2) is 8.54. The van der Waals surface area contributed by atoms with Crippen LogP contribution in [0.2, 0.25) is 0 Å². The fourth-order valence-electron chi connectivity index (χ4n) is 3.26. The first-order valence-corrected chi connectivity index (χ1v) is 10.3. The second-order valence-electron chi connectivity index (χ2n) is 6.89. The topological polar surface area (TPSA) is 126 Å². The molecule has 1 saturated heterocycles. The Labute approximate surface area is 176 Å². The zero-order valence-electron chi connectivity index (χ0n) is 16.0. The van der Waals surface area contributed by atoms with Crippen molar-refractivity contribution in [3.8, 4) is 0 Å². The number of benzene rings is 2. The standard InChI is InChI=1S/C20H19N5O4S/c1-11-14(18(27)23-19(28)21-11)9-17-24-25-20(29-17)30-10-16(26)22-15-8-4-6-12-5-2-3-7-13(12)15/h2-8,11,14H,9-10H2,1H3,(H,22,26)(H2,21,23,27,28). The summed E-state index contributed by atoms with van der Waals surface area (Å²) in [5.74, 6) is -0.709. The third-order valence-corrected chi connectivity index (χ3v) is 5.59. The van der Waals surface area contributed by atoms with Gasteiger partial charge in [-0.25, -0.2) is 4.79 Å². The Hall–Kier alpha value is -3.40. The predicted octanol–water partition coefficient (Wildman–Crippen LogP) is 2.34. The maximum Gasteiger partial charge on any atom is 0.321 e. The number of thioether (sulfide) groups is 1. The number of urea groups is 1. The average Bonchev–Trinajstić information content (AvgIpc) is 3.17. The summed E-state index contributed by atoms with van der Waals surface area (Å²) in [6.07, 6.45) is 0.197. The average molecular weight is 425 g/mol. The lowest BCUT2D eigenvalue weighted by atomic mass is 9.95. The molecule has 4 rings (SSSR count). The zero-order valence-corrected chi connectivity index (χ0v) is 16.9. The van der Waals surface area contributed by atoms with E-state index in [0.29, 0.717) is 0 Å². The van der Waals surface area contributed by atoms with Crippen LogP contribution in [0.25, 0.3) is 10.8 Å². The van der Waals surface area contributed by atoms with Crippen molar-refractivity contribution in [2.45, 2.75) is 24.6 Å². The lowest BCUT2D eigenvalue weighted by molar-refractivity contribution is -0.125. The van der Waals surface area contributed by atoms with E-state index in [-0.39, 0.29) is 41.1 Å². The SMILES string of the molecule is CC1NC(=O)NC(=O)C1Cc1nnc(SCC(=O)Nc2cccc3ccccc23)o1. The summed E-state index contributed by atoms with van der Waals surface area (Å²) in [6.45, 7) is 1.74. The van der Waals surface area contributed by atoms with Crippen LogP contribution in [0.15, 0.2) is 52.1 Å². The molecule has 0 spiro atoms. The highest BCUT2D eigenvalue weighted by molar-refractivity contribution is 7.99. The van der Waals surface area contributed by atoms with Crippen LogP contribution in [0.1, 0.15) is 12.8 Å². The molecule has 2 unspecified atom stereocenters. The number of rotatable bonds is 6. The van der Waals surface area contributed by atoms with Crippen LogP contribution in [0, 0.1) is 5.92 Å². The zero-order chi connectivity index (χ0) is 21.1. The van der Waals surface area contributed by atoms with Crippen LogP contribution in [-0.2, 0) is 16.0 Å². The smallest absolute Gasteiger partial charge is 0.321 e. The number of nitrogens with zero attached hydrogens (tertiary/aromatic N) is 2. The third-order valence-electron chi connectivity index (χ3n) is 4.77. The summed E-state index contributed by atoms with van der Waals surface area (Å²) in [7, 11) is 0. The summed E-state index contributed by atoms with van der Waals surface area (Å²) in [4.78, 5) is 35.6. The number of nitrogens with one attached hydrogen (secondary N) is 3. The summed E-state index contributed by atoms with van der Waals surface area (Å²) in [5.41, 5.74) is 0.740. The molecule has 1 aliphatic rings. The van der Waals surface area contributed by atoms with Crippen molar-refractivity contribution in [2.75, 3.05) is 11.1 Å². The van der Waals surface area contributed by atoms with Crippen molar-refractivity contribution in [3.63, 3.8) is 0 Å². The molecule has 1 aromatic heterocycles. The molecule has 2 aromatic carbocycles. The molecule has 0 bridgehead atoms. The van der Waals surface area contributed by atoms with E-state index >= 15 is 0 Å². The van der Waals surface area contributed by atoms with Gasteiger partial charge in [0, 0.05) is 23.5 Å². The van der Waals surface area contributed by atoms with E-state index in [1.807, 2.05) is 42.5 Å². The Morgan fingerprint density at radius 2 is 1.97 bits per heavy atom. The van der Waals surface area contributed by atoms with E-state index < -0.39 is 11.9 Å². The number of hydrogen-bond acceptors (Lipinski definition) is 7. The quantitative estimate of drug-likeness (QED) is 0.518. The molecule has 3 aromatic rings. The highest BCUT2D eigenvalue weighted by Gasteiger charge is 2.34. The molecule has 1 fully saturated rings. The predicted molar refractivity (Wildman–Crippen MR) is 111 cm³/mol. The van der Waals surface area contributed by atoms with Gasteiger partial charge in [-0.1, -0.05) is 48.2 Å². The van der Waals surface area contributed by atoms with Gasteiger partial charge >= 0.3 is 6.03 Å². The van der Waals surface area contributed by atoms with E-state index in [1.54, 1.807) is 6.92 Å².